The van der Waals surface area contributed by atoms with E-state index in [2.05, 4.69) is 20.8 Å². The zero-order valence-corrected chi connectivity index (χ0v) is 14.0. The van der Waals surface area contributed by atoms with E-state index in [1.165, 1.54) is 0 Å². The van der Waals surface area contributed by atoms with E-state index in [4.69, 9.17) is 9.47 Å². The molecule has 20 heavy (non-hydrogen) atoms. The zero-order chi connectivity index (χ0) is 15.4. The lowest BCUT2D eigenvalue weighted by Gasteiger charge is -2.30. The average Bonchev–Trinajstić information content (AvgIpc) is 2.79. The Balaban J connectivity index is 2.56. The second kappa shape index (κ2) is 6.79. The van der Waals surface area contributed by atoms with Crippen LogP contribution in [-0.4, -0.2) is 41.9 Å². The van der Waals surface area contributed by atoms with Crippen molar-refractivity contribution < 1.29 is 14.3 Å². The molecule has 1 amide bonds. The fraction of sp³-hybridized carbons (Fsp3) is 0.938. The summed E-state index contributed by atoms with van der Waals surface area (Å²) in [5.74, 6) is 0.564. The molecule has 118 valence electrons. The van der Waals surface area contributed by atoms with E-state index in [-0.39, 0.29) is 11.7 Å². The molecule has 0 aliphatic carbocycles. The topological polar surface area (TPSA) is 38.8 Å². The quantitative estimate of drug-likeness (QED) is 0.770. The van der Waals surface area contributed by atoms with Crippen molar-refractivity contribution in [1.82, 2.24) is 4.90 Å². The maximum absolute atomic E-state index is 12.1. The third-order valence-corrected chi connectivity index (χ3v) is 3.98. The predicted octanol–water partition coefficient (Wildman–Crippen LogP) is 3.84. The van der Waals surface area contributed by atoms with Crippen LogP contribution in [0.2, 0.25) is 0 Å². The van der Waals surface area contributed by atoms with Crippen LogP contribution in [0.15, 0.2) is 0 Å². The first-order valence-electron chi connectivity index (χ1n) is 7.83. The van der Waals surface area contributed by atoms with Gasteiger partial charge >= 0.3 is 6.09 Å². The smallest absolute Gasteiger partial charge is 0.410 e. The lowest BCUT2D eigenvalue weighted by atomic mass is 9.99. The van der Waals surface area contributed by atoms with Crippen LogP contribution in [-0.2, 0) is 9.47 Å². The first kappa shape index (κ1) is 17.3. The van der Waals surface area contributed by atoms with Crippen molar-refractivity contribution in [3.05, 3.63) is 0 Å². The summed E-state index contributed by atoms with van der Waals surface area (Å²) in [6.07, 6.45) is 2.73. The second-order valence-corrected chi connectivity index (χ2v) is 7.01. The molecule has 0 saturated carbocycles. The summed E-state index contributed by atoms with van der Waals surface area (Å²) in [5.41, 5.74) is -0.619. The van der Waals surface area contributed by atoms with Crippen molar-refractivity contribution in [3.63, 3.8) is 0 Å². The summed E-state index contributed by atoms with van der Waals surface area (Å²) in [7, 11) is 0. The average molecular weight is 285 g/mol. The fourth-order valence-electron chi connectivity index (χ4n) is 2.27. The molecule has 0 N–H and O–H groups in total. The molecule has 1 saturated heterocycles. The Morgan fingerprint density at radius 2 is 2.00 bits per heavy atom. The van der Waals surface area contributed by atoms with Crippen molar-refractivity contribution in [3.8, 4) is 0 Å². The van der Waals surface area contributed by atoms with E-state index in [0.717, 1.165) is 32.4 Å². The third kappa shape index (κ3) is 4.97. The van der Waals surface area contributed by atoms with Crippen molar-refractivity contribution in [2.45, 2.75) is 72.0 Å². The monoisotopic (exact) mass is 285 g/mol. The lowest BCUT2D eigenvalue weighted by molar-refractivity contribution is -0.0554. The van der Waals surface area contributed by atoms with E-state index in [1.54, 1.807) is 4.90 Å². The number of likely N-dealkylation sites (tertiary alicyclic amines) is 1. The maximum Gasteiger partial charge on any atom is 0.410 e. The van der Waals surface area contributed by atoms with Crippen LogP contribution in [0.4, 0.5) is 4.79 Å². The Bertz CT molecular complexity index is 324. The number of ether oxygens (including phenoxy) is 2. The molecule has 0 aromatic carbocycles. The summed E-state index contributed by atoms with van der Waals surface area (Å²) in [4.78, 5) is 13.9. The van der Waals surface area contributed by atoms with Crippen molar-refractivity contribution in [2.24, 2.45) is 5.92 Å². The summed E-state index contributed by atoms with van der Waals surface area (Å²) in [6.45, 7) is 14.3. The van der Waals surface area contributed by atoms with Gasteiger partial charge in [0.05, 0.1) is 12.1 Å². The van der Waals surface area contributed by atoms with Crippen molar-refractivity contribution >= 4 is 6.09 Å². The molecule has 1 aliphatic heterocycles. The molecule has 1 heterocycles. The molecule has 0 aromatic rings. The molecule has 0 spiro atoms. The van der Waals surface area contributed by atoms with E-state index >= 15 is 0 Å². The van der Waals surface area contributed by atoms with Crippen LogP contribution in [0.3, 0.4) is 0 Å². The minimum absolute atomic E-state index is 0.180. The summed E-state index contributed by atoms with van der Waals surface area (Å²) in [6, 6.07) is 0. The molecule has 4 nitrogen and oxygen atoms in total. The molecule has 1 rings (SSSR count). The number of carbonyl (C=O) groups is 1. The van der Waals surface area contributed by atoms with Crippen molar-refractivity contribution in [2.75, 3.05) is 19.7 Å². The first-order valence-corrected chi connectivity index (χ1v) is 7.83. The van der Waals surface area contributed by atoms with Gasteiger partial charge in [-0.25, -0.2) is 4.79 Å². The van der Waals surface area contributed by atoms with Gasteiger partial charge in [-0.15, -0.1) is 0 Å². The number of carbonyl (C=O) groups excluding carboxylic acids is 1. The Morgan fingerprint density at radius 1 is 1.35 bits per heavy atom. The van der Waals surface area contributed by atoms with Gasteiger partial charge in [0.1, 0.15) is 5.60 Å². The maximum atomic E-state index is 12.1. The molecular weight excluding hydrogens is 254 g/mol. The van der Waals surface area contributed by atoms with E-state index in [1.807, 2.05) is 20.8 Å². The van der Waals surface area contributed by atoms with Crippen LogP contribution in [0.1, 0.15) is 60.8 Å². The first-order chi connectivity index (χ1) is 9.21. The third-order valence-electron chi connectivity index (χ3n) is 3.98. The second-order valence-electron chi connectivity index (χ2n) is 7.01. The highest BCUT2D eigenvalue weighted by Crippen LogP contribution is 2.30. The number of nitrogens with zero attached hydrogens (tertiary/aromatic N) is 1. The van der Waals surface area contributed by atoms with Crippen LogP contribution in [0, 0.1) is 5.92 Å². The summed E-state index contributed by atoms with van der Waals surface area (Å²) in [5, 5.41) is 0. The summed E-state index contributed by atoms with van der Waals surface area (Å²) < 4.78 is 11.6. The van der Waals surface area contributed by atoms with E-state index in [9.17, 15) is 4.79 Å². The highest BCUT2D eigenvalue weighted by atomic mass is 16.6. The molecule has 0 bridgehead atoms. The number of rotatable bonds is 5. The molecule has 1 aliphatic rings. The molecule has 2 unspecified atom stereocenters. The van der Waals surface area contributed by atoms with Crippen LogP contribution in [0.25, 0.3) is 0 Å². The predicted molar refractivity (Wildman–Crippen MR) is 80.9 cm³/mol. The van der Waals surface area contributed by atoms with Gasteiger partial charge in [0.2, 0.25) is 0 Å². The highest BCUT2D eigenvalue weighted by molar-refractivity contribution is 5.68. The highest BCUT2D eigenvalue weighted by Gasteiger charge is 2.41. The Morgan fingerprint density at radius 3 is 2.50 bits per heavy atom. The van der Waals surface area contributed by atoms with Crippen LogP contribution >= 0.6 is 0 Å². The minimum atomic E-state index is -0.438. The largest absolute Gasteiger partial charge is 0.444 e. The molecule has 1 fully saturated rings. The Labute approximate surface area is 123 Å². The van der Waals surface area contributed by atoms with E-state index < -0.39 is 5.60 Å². The van der Waals surface area contributed by atoms with Gasteiger partial charge in [0, 0.05) is 13.2 Å². The van der Waals surface area contributed by atoms with Gasteiger partial charge in [0.25, 0.3) is 0 Å². The van der Waals surface area contributed by atoms with Gasteiger partial charge in [-0.2, -0.15) is 0 Å². The number of amides is 1. The normalized spacial score (nSPS) is 24.8. The Kier molecular flexibility index (Phi) is 5.87. The van der Waals surface area contributed by atoms with E-state index in [0.29, 0.717) is 12.5 Å². The van der Waals surface area contributed by atoms with Gasteiger partial charge in [-0.3, -0.25) is 0 Å². The fourth-order valence-corrected chi connectivity index (χ4v) is 2.27. The van der Waals surface area contributed by atoms with Crippen LogP contribution in [0.5, 0.6) is 0 Å². The number of hydrogen-bond donors (Lipinski definition) is 0. The van der Waals surface area contributed by atoms with Gasteiger partial charge in [-0.1, -0.05) is 27.2 Å². The summed E-state index contributed by atoms with van der Waals surface area (Å²) >= 11 is 0. The molecule has 0 aromatic heterocycles. The van der Waals surface area contributed by atoms with Gasteiger partial charge in [-0.05, 0) is 39.5 Å². The Hall–Kier alpha value is -0.770. The minimum Gasteiger partial charge on any atom is -0.444 e. The molecule has 4 heteroatoms. The van der Waals surface area contributed by atoms with Crippen LogP contribution < -0.4 is 0 Å². The zero-order valence-electron chi connectivity index (χ0n) is 14.0. The molecule has 0 radical (unpaired) electrons. The molecular formula is C16H31NO3. The SMILES string of the molecule is CCC(C)COC1(CC)CCN(C(=O)OC(C)(C)C)C1. The number of hydrogen-bond acceptors (Lipinski definition) is 3. The van der Waals surface area contributed by atoms with Gasteiger partial charge in [0.15, 0.2) is 0 Å². The molecule has 2 atom stereocenters. The lowest BCUT2D eigenvalue weighted by Crippen LogP contribution is -2.40. The van der Waals surface area contributed by atoms with Crippen molar-refractivity contribution in [1.29, 1.82) is 0 Å². The standard InChI is InChI=1S/C16H31NO3/c1-7-13(3)11-19-16(8-2)9-10-17(12-16)14(18)20-15(4,5)6/h13H,7-12H2,1-6H3. The van der Waals surface area contributed by atoms with Gasteiger partial charge < -0.3 is 14.4 Å².